The van der Waals surface area contributed by atoms with Gasteiger partial charge in [0.25, 0.3) is 0 Å². The molecule has 1 fully saturated rings. The van der Waals surface area contributed by atoms with E-state index in [1.54, 1.807) is 10.9 Å². The molecule has 6 nitrogen and oxygen atoms in total. The van der Waals surface area contributed by atoms with Crippen molar-refractivity contribution in [3.05, 3.63) is 65.6 Å². The number of hydrogen-bond acceptors (Lipinski definition) is 5. The molecule has 186 valence electrons. The SMILES string of the molecule is CC[C@]1(CNc2ccc(C(F)(F)F)cn2)CCCCN1Cc1cccc(C=O)c1-c1cnn(C)c1. The Labute approximate surface area is 203 Å². The molecule has 0 unspecified atom stereocenters. The minimum absolute atomic E-state index is 0.188. The number of anilines is 1. The standard InChI is InChI=1S/C26H30F3N5O/c1-3-25(18-31-23-10-9-22(14-30-23)26(27,28)29)11-4-5-12-34(25)16-19-7-6-8-20(17-35)24(19)21-13-32-33(2)15-21/h6-10,13-15,17H,3-5,11-12,16,18H2,1-2H3,(H,30,31)/t25-/m1/s1. The van der Waals surface area contributed by atoms with E-state index in [0.29, 0.717) is 24.5 Å². The lowest BCUT2D eigenvalue weighted by Gasteiger charge is -2.47. The van der Waals surface area contributed by atoms with Crippen LogP contribution in [-0.4, -0.2) is 44.6 Å². The normalized spacial score (nSPS) is 19.0. The van der Waals surface area contributed by atoms with Crippen LogP contribution in [0, 0.1) is 0 Å². The zero-order valence-electron chi connectivity index (χ0n) is 20.0. The summed E-state index contributed by atoms with van der Waals surface area (Å²) in [6, 6.07) is 8.21. The molecular formula is C26H30F3N5O. The lowest BCUT2D eigenvalue weighted by molar-refractivity contribution is -0.137. The third-order valence-electron chi connectivity index (χ3n) is 7.00. The quantitative estimate of drug-likeness (QED) is 0.423. The second-order valence-electron chi connectivity index (χ2n) is 9.14. The van der Waals surface area contributed by atoms with Gasteiger partial charge in [0.05, 0.1) is 11.8 Å². The summed E-state index contributed by atoms with van der Waals surface area (Å²) < 4.78 is 40.4. The van der Waals surface area contributed by atoms with Crippen molar-refractivity contribution in [3.8, 4) is 11.1 Å². The third kappa shape index (κ3) is 5.40. The number of benzene rings is 1. The van der Waals surface area contributed by atoms with E-state index in [1.165, 1.54) is 6.07 Å². The highest BCUT2D eigenvalue weighted by atomic mass is 19.4. The molecule has 0 bridgehead atoms. The Morgan fingerprint density at radius 3 is 2.63 bits per heavy atom. The molecule has 1 N–H and O–H groups in total. The number of likely N-dealkylation sites (tertiary alicyclic amines) is 1. The Morgan fingerprint density at radius 2 is 2.00 bits per heavy atom. The molecule has 3 aromatic rings. The van der Waals surface area contributed by atoms with Crippen LogP contribution in [0.15, 0.2) is 48.9 Å². The molecule has 1 aromatic carbocycles. The molecule has 1 atom stereocenters. The molecule has 1 saturated heterocycles. The Kier molecular flexibility index (Phi) is 7.25. The van der Waals surface area contributed by atoms with Gasteiger partial charge in [-0.3, -0.25) is 14.4 Å². The van der Waals surface area contributed by atoms with Crippen LogP contribution in [0.5, 0.6) is 0 Å². The number of pyridine rings is 1. The van der Waals surface area contributed by atoms with E-state index in [-0.39, 0.29) is 5.54 Å². The highest BCUT2D eigenvalue weighted by Crippen LogP contribution is 2.36. The molecule has 3 heterocycles. The fraction of sp³-hybridized carbons (Fsp3) is 0.423. The number of aryl methyl sites for hydroxylation is 1. The zero-order valence-corrected chi connectivity index (χ0v) is 20.0. The van der Waals surface area contributed by atoms with Gasteiger partial charge in [0.15, 0.2) is 6.29 Å². The van der Waals surface area contributed by atoms with E-state index in [0.717, 1.165) is 67.5 Å². The van der Waals surface area contributed by atoms with E-state index in [4.69, 9.17) is 0 Å². The first kappa shape index (κ1) is 24.9. The van der Waals surface area contributed by atoms with Gasteiger partial charge in [0.2, 0.25) is 0 Å². The Morgan fingerprint density at radius 1 is 1.17 bits per heavy atom. The molecule has 0 radical (unpaired) electrons. The van der Waals surface area contributed by atoms with Crippen LogP contribution in [0.25, 0.3) is 11.1 Å². The van der Waals surface area contributed by atoms with Crippen LogP contribution >= 0.6 is 0 Å². The van der Waals surface area contributed by atoms with Gasteiger partial charge >= 0.3 is 6.18 Å². The predicted molar refractivity (Wildman–Crippen MR) is 129 cm³/mol. The number of carbonyl (C=O) groups is 1. The van der Waals surface area contributed by atoms with Crippen molar-refractivity contribution in [1.29, 1.82) is 0 Å². The number of nitrogens with one attached hydrogen (secondary N) is 1. The summed E-state index contributed by atoms with van der Waals surface area (Å²) in [6.07, 6.45) is 5.00. The van der Waals surface area contributed by atoms with Gasteiger partial charge in [-0.05, 0) is 49.1 Å². The van der Waals surface area contributed by atoms with Crippen LogP contribution in [0.3, 0.4) is 0 Å². The minimum atomic E-state index is -4.40. The van der Waals surface area contributed by atoms with Crippen LogP contribution in [0.1, 0.15) is 54.1 Å². The summed E-state index contributed by atoms with van der Waals surface area (Å²) in [7, 11) is 1.85. The van der Waals surface area contributed by atoms with E-state index < -0.39 is 11.7 Å². The van der Waals surface area contributed by atoms with Crippen LogP contribution < -0.4 is 5.32 Å². The van der Waals surface area contributed by atoms with Crippen molar-refractivity contribution >= 4 is 12.1 Å². The van der Waals surface area contributed by atoms with Crippen molar-refractivity contribution in [3.63, 3.8) is 0 Å². The van der Waals surface area contributed by atoms with Gasteiger partial charge in [0, 0.05) is 49.2 Å². The van der Waals surface area contributed by atoms with E-state index >= 15 is 0 Å². The number of carbonyl (C=O) groups excluding carboxylic acids is 1. The van der Waals surface area contributed by atoms with Crippen LogP contribution in [-0.2, 0) is 19.8 Å². The molecule has 9 heteroatoms. The van der Waals surface area contributed by atoms with Crippen LogP contribution in [0.2, 0.25) is 0 Å². The van der Waals surface area contributed by atoms with Gasteiger partial charge in [-0.15, -0.1) is 0 Å². The second kappa shape index (κ2) is 10.2. The molecule has 2 aromatic heterocycles. The van der Waals surface area contributed by atoms with Gasteiger partial charge in [0.1, 0.15) is 5.82 Å². The second-order valence-corrected chi connectivity index (χ2v) is 9.14. The average Bonchev–Trinajstić information content (AvgIpc) is 3.29. The maximum atomic E-state index is 12.9. The van der Waals surface area contributed by atoms with Crippen molar-refractivity contribution in [2.45, 2.75) is 50.9 Å². The largest absolute Gasteiger partial charge is 0.417 e. The van der Waals surface area contributed by atoms with Crippen molar-refractivity contribution < 1.29 is 18.0 Å². The number of alkyl halides is 3. The van der Waals surface area contributed by atoms with E-state index in [9.17, 15) is 18.0 Å². The average molecular weight is 486 g/mol. The first-order chi connectivity index (χ1) is 16.8. The Bertz CT molecular complexity index is 1160. The van der Waals surface area contributed by atoms with Crippen molar-refractivity contribution in [2.24, 2.45) is 7.05 Å². The van der Waals surface area contributed by atoms with E-state index in [1.807, 2.05) is 25.4 Å². The topological polar surface area (TPSA) is 63.1 Å². The van der Waals surface area contributed by atoms with Gasteiger partial charge in [-0.1, -0.05) is 31.5 Å². The predicted octanol–water partition coefficient (Wildman–Crippen LogP) is 5.56. The molecule has 1 aliphatic heterocycles. The summed E-state index contributed by atoms with van der Waals surface area (Å²) in [4.78, 5) is 18.3. The molecule has 1 aliphatic rings. The highest BCUT2D eigenvalue weighted by Gasteiger charge is 2.38. The molecule has 0 aliphatic carbocycles. The number of piperidine rings is 1. The summed E-state index contributed by atoms with van der Waals surface area (Å²) in [5, 5.41) is 7.57. The number of nitrogens with zero attached hydrogens (tertiary/aromatic N) is 4. The zero-order chi connectivity index (χ0) is 25.1. The monoisotopic (exact) mass is 485 g/mol. The maximum Gasteiger partial charge on any atom is 0.417 e. The number of hydrogen-bond donors (Lipinski definition) is 1. The smallest absolute Gasteiger partial charge is 0.368 e. The third-order valence-corrected chi connectivity index (χ3v) is 7.00. The molecular weight excluding hydrogens is 455 g/mol. The van der Waals surface area contributed by atoms with Crippen LogP contribution in [0.4, 0.5) is 19.0 Å². The molecule has 0 amide bonds. The number of aromatic nitrogens is 3. The van der Waals surface area contributed by atoms with E-state index in [2.05, 4.69) is 33.3 Å². The molecule has 35 heavy (non-hydrogen) atoms. The summed E-state index contributed by atoms with van der Waals surface area (Å²) in [6.45, 7) is 4.26. The maximum absolute atomic E-state index is 12.9. The number of rotatable bonds is 8. The highest BCUT2D eigenvalue weighted by molar-refractivity contribution is 5.88. The van der Waals surface area contributed by atoms with Gasteiger partial charge in [-0.25, -0.2) is 4.98 Å². The summed E-state index contributed by atoms with van der Waals surface area (Å²) >= 11 is 0. The fourth-order valence-corrected chi connectivity index (χ4v) is 5.00. The summed E-state index contributed by atoms with van der Waals surface area (Å²) in [5.41, 5.74) is 2.52. The van der Waals surface area contributed by atoms with Crippen molar-refractivity contribution in [1.82, 2.24) is 19.7 Å². The first-order valence-corrected chi connectivity index (χ1v) is 11.8. The Hall–Kier alpha value is -3.20. The summed E-state index contributed by atoms with van der Waals surface area (Å²) in [5.74, 6) is 0.426. The lowest BCUT2D eigenvalue weighted by atomic mass is 9.83. The molecule has 0 saturated carbocycles. The van der Waals surface area contributed by atoms with Gasteiger partial charge in [-0.2, -0.15) is 18.3 Å². The number of aldehydes is 1. The minimum Gasteiger partial charge on any atom is -0.368 e. The fourth-order valence-electron chi connectivity index (χ4n) is 5.00. The molecule has 0 spiro atoms. The lowest BCUT2D eigenvalue weighted by Crippen LogP contribution is -2.55. The Balaban J connectivity index is 1.59. The van der Waals surface area contributed by atoms with Crippen molar-refractivity contribution in [2.75, 3.05) is 18.4 Å². The number of halogens is 3. The van der Waals surface area contributed by atoms with Gasteiger partial charge < -0.3 is 5.32 Å². The first-order valence-electron chi connectivity index (χ1n) is 11.8. The molecule has 4 rings (SSSR count).